The number of nitrogens with zero attached hydrogens (tertiary/aromatic N) is 2. The van der Waals surface area contributed by atoms with Crippen LogP contribution in [0.5, 0.6) is 0 Å². The molecule has 0 radical (unpaired) electrons. The highest BCUT2D eigenvalue weighted by atomic mass is 16.3. The van der Waals surface area contributed by atoms with Gasteiger partial charge in [-0.25, -0.2) is 0 Å². The van der Waals surface area contributed by atoms with Gasteiger partial charge in [0.2, 0.25) is 0 Å². The van der Waals surface area contributed by atoms with Gasteiger partial charge < -0.3 is 14.2 Å². The Labute approximate surface area is 506 Å². The van der Waals surface area contributed by atoms with Gasteiger partial charge in [-0.15, -0.1) is 0 Å². The Hall–Kier alpha value is -4.96. The lowest BCUT2D eigenvalue weighted by molar-refractivity contribution is -0.00514. The molecule has 0 saturated heterocycles. The monoisotopic (exact) mass is 1110 g/mol. The summed E-state index contributed by atoms with van der Waals surface area (Å²) in [5.74, 6) is 3.37. The van der Waals surface area contributed by atoms with Gasteiger partial charge in [-0.2, -0.15) is 0 Å². The van der Waals surface area contributed by atoms with E-state index in [1.807, 2.05) is 0 Å². The highest BCUT2D eigenvalue weighted by Gasteiger charge is 2.56. The lowest BCUT2D eigenvalue weighted by Gasteiger charge is -2.57. The SMILES string of the molecule is CC1(C)CCC(C)(C)c2cc3c(cc21)B1c2oc4cc5c(cc4c2N(C2=CC4C(C=C2)C(C)(C)CCC4(C)C)c2cc(C46CC7CC(CC(C7)C4)C6)cc(c21)N3c1cc2c(cc1C1=CC=CCC1)C(C)(C)CCC2(C)C)C(C)(C)CCC5(C)C. The number of hydrogen-bond acceptors (Lipinski definition) is 3. The first-order valence-corrected chi connectivity index (χ1v) is 34.0. The topological polar surface area (TPSA) is 19.6 Å². The number of hydrogen-bond donors (Lipinski definition) is 0. The fourth-order valence-corrected chi connectivity index (χ4v) is 21.0. The maximum Gasteiger partial charge on any atom is 0.297 e. The van der Waals surface area contributed by atoms with E-state index in [1.165, 1.54) is 174 Å². The third-order valence-electron chi connectivity index (χ3n) is 26.5. The molecule has 2 unspecified atom stereocenters. The van der Waals surface area contributed by atoms with Gasteiger partial charge in [0.1, 0.15) is 5.58 Å². The highest BCUT2D eigenvalue weighted by Crippen LogP contribution is 2.64. The number of allylic oxidation sites excluding steroid dienone is 7. The van der Waals surface area contributed by atoms with Crippen LogP contribution in [-0.2, 0) is 37.9 Å². The van der Waals surface area contributed by atoms with E-state index in [4.69, 9.17) is 4.42 Å². The molecule has 10 aliphatic carbocycles. The van der Waals surface area contributed by atoms with Crippen LogP contribution in [0.2, 0.25) is 0 Å². The molecular formula is C80H99BN2O. The van der Waals surface area contributed by atoms with E-state index >= 15 is 0 Å². The molecule has 0 N–H and O–H groups in total. The predicted molar refractivity (Wildman–Crippen MR) is 357 cm³/mol. The molecule has 5 fully saturated rings. The van der Waals surface area contributed by atoms with Crippen LogP contribution in [-0.4, -0.2) is 6.71 Å². The molecule has 438 valence electrons. The van der Waals surface area contributed by atoms with Crippen molar-refractivity contribution in [3.63, 3.8) is 0 Å². The van der Waals surface area contributed by atoms with Crippen LogP contribution >= 0.6 is 0 Å². The molecule has 1 aromatic heterocycles. The minimum Gasteiger partial charge on any atom is -0.468 e. The zero-order valence-electron chi connectivity index (χ0n) is 54.7. The lowest BCUT2D eigenvalue weighted by atomic mass is 9.34. The number of benzene rings is 4. The van der Waals surface area contributed by atoms with Crippen LogP contribution in [0.4, 0.5) is 28.4 Å². The minimum absolute atomic E-state index is 0.0183. The van der Waals surface area contributed by atoms with Crippen molar-refractivity contribution in [1.29, 1.82) is 0 Å². The molecule has 12 aliphatic rings. The summed E-state index contributed by atoms with van der Waals surface area (Å²) in [6.45, 7) is 40.6. The molecule has 4 bridgehead atoms. The van der Waals surface area contributed by atoms with Gasteiger partial charge in [-0.05, 0) is 285 Å². The molecule has 3 heterocycles. The summed E-state index contributed by atoms with van der Waals surface area (Å²) in [7, 11) is 0. The molecule has 4 aromatic carbocycles. The first-order valence-electron chi connectivity index (χ1n) is 34.0. The second kappa shape index (κ2) is 17.2. The van der Waals surface area contributed by atoms with Crippen LogP contribution in [0.3, 0.4) is 0 Å². The van der Waals surface area contributed by atoms with Gasteiger partial charge in [0.15, 0.2) is 0 Å². The van der Waals surface area contributed by atoms with Crippen LogP contribution in [0.1, 0.15) is 258 Å². The van der Waals surface area contributed by atoms with Crippen LogP contribution in [0.25, 0.3) is 16.5 Å². The van der Waals surface area contributed by atoms with E-state index < -0.39 is 0 Å². The fourth-order valence-electron chi connectivity index (χ4n) is 21.0. The summed E-state index contributed by atoms with van der Waals surface area (Å²) >= 11 is 0. The quantitative estimate of drug-likeness (QED) is 0.164. The zero-order chi connectivity index (χ0) is 58.6. The third-order valence-corrected chi connectivity index (χ3v) is 26.5. The second-order valence-corrected chi connectivity index (χ2v) is 35.8. The molecule has 4 heteroatoms. The van der Waals surface area contributed by atoms with E-state index in [-0.39, 0.29) is 55.4 Å². The van der Waals surface area contributed by atoms with Crippen molar-refractivity contribution in [2.75, 3.05) is 9.80 Å². The van der Waals surface area contributed by atoms with E-state index in [9.17, 15) is 0 Å². The summed E-state index contributed by atoms with van der Waals surface area (Å²) in [6.07, 6.45) is 35.3. The third kappa shape index (κ3) is 7.67. The highest BCUT2D eigenvalue weighted by molar-refractivity contribution is 7.00. The minimum atomic E-state index is -0.103. The maximum absolute atomic E-state index is 8.05. The number of anilines is 5. The van der Waals surface area contributed by atoms with E-state index in [0.29, 0.717) is 11.8 Å². The fraction of sp³-hybridized carbons (Fsp3) is 0.575. The number of fused-ring (bicyclic) bond motifs is 10. The summed E-state index contributed by atoms with van der Waals surface area (Å²) in [5.41, 5.74) is 27.7. The van der Waals surface area contributed by atoms with Crippen molar-refractivity contribution in [1.82, 2.24) is 0 Å². The number of furan rings is 1. The van der Waals surface area contributed by atoms with Gasteiger partial charge >= 0.3 is 0 Å². The molecule has 0 spiro atoms. The molecule has 5 aromatic rings. The van der Waals surface area contributed by atoms with E-state index in [1.54, 1.807) is 16.7 Å². The van der Waals surface area contributed by atoms with Crippen LogP contribution in [0, 0.1) is 40.4 Å². The smallest absolute Gasteiger partial charge is 0.297 e. The largest absolute Gasteiger partial charge is 0.468 e. The van der Waals surface area contributed by atoms with E-state index in [2.05, 4.69) is 206 Å². The van der Waals surface area contributed by atoms with Crippen molar-refractivity contribution in [3.05, 3.63) is 135 Å². The second-order valence-electron chi connectivity index (χ2n) is 35.8. The lowest BCUT2D eigenvalue weighted by Crippen LogP contribution is -2.62. The van der Waals surface area contributed by atoms with Crippen molar-refractivity contribution in [3.8, 4) is 0 Å². The van der Waals surface area contributed by atoms with Gasteiger partial charge in [0.05, 0.1) is 17.0 Å². The first kappa shape index (κ1) is 54.4. The molecule has 0 amide bonds. The van der Waals surface area contributed by atoms with Gasteiger partial charge in [-0.3, -0.25) is 0 Å². The molecule has 3 nitrogen and oxygen atoms in total. The Bertz CT molecular complexity index is 3790. The molecule has 84 heavy (non-hydrogen) atoms. The molecule has 17 rings (SSSR count). The van der Waals surface area contributed by atoms with Crippen molar-refractivity contribution in [2.45, 2.75) is 251 Å². The Morgan fingerprint density at radius 2 is 1.00 bits per heavy atom. The molecule has 5 saturated carbocycles. The Balaban J connectivity index is 1.07. The summed E-state index contributed by atoms with van der Waals surface area (Å²) in [5, 5.41) is 1.30. The van der Waals surface area contributed by atoms with Crippen molar-refractivity contribution in [2.24, 2.45) is 40.4 Å². The zero-order valence-corrected chi connectivity index (χ0v) is 54.7. The Morgan fingerprint density at radius 3 is 1.56 bits per heavy atom. The maximum atomic E-state index is 8.05. The Morgan fingerprint density at radius 1 is 0.500 bits per heavy atom. The standard InChI is InChI=1S/C80H99BN2O/c1-72(2)24-25-73(3,4)56-37-52(22-23-55(56)72)82-66-35-51(80-44-47-32-48(45-80)34-49(33-47)46-80)36-67-69(66)81(71-70(82)54-39-58-62(43-68(54)84-71)79(15,16)31-27-75(58,7)8)63-40-59-61(78(13,14)30-28-76(59,9)10)42-65(63)83(67)64-41-60-57(74(5,6)26-29-77(60,11)12)38-53(64)50-20-18-17-19-21-50/h17-18,20,22-23,35-43,47-49,55-56H,19,21,24-34,44-46H2,1-16H3. The van der Waals surface area contributed by atoms with Crippen LogP contribution < -0.4 is 26.4 Å². The summed E-state index contributed by atoms with van der Waals surface area (Å²) in [6, 6.07) is 22.0. The van der Waals surface area contributed by atoms with Crippen molar-refractivity contribution < 1.29 is 4.42 Å². The average molecular weight is 1120 g/mol. The Kier molecular flexibility index (Phi) is 11.2. The predicted octanol–water partition coefficient (Wildman–Crippen LogP) is 20.0. The number of rotatable bonds is 4. The normalized spacial score (nSPS) is 31.0. The van der Waals surface area contributed by atoms with Crippen LogP contribution in [0.15, 0.2) is 95.1 Å². The van der Waals surface area contributed by atoms with E-state index in [0.717, 1.165) is 41.8 Å². The van der Waals surface area contributed by atoms with Gasteiger partial charge in [-0.1, -0.05) is 147 Å². The van der Waals surface area contributed by atoms with Crippen molar-refractivity contribution >= 4 is 68.3 Å². The van der Waals surface area contributed by atoms with Gasteiger partial charge in [0.25, 0.3) is 6.71 Å². The average Bonchev–Trinajstić information content (AvgIpc) is 1.19. The molecule has 2 atom stereocenters. The molecular weight excluding hydrogens is 1020 g/mol. The first-order chi connectivity index (χ1) is 39.5. The van der Waals surface area contributed by atoms with Gasteiger partial charge in [0, 0.05) is 33.7 Å². The summed E-state index contributed by atoms with van der Waals surface area (Å²) < 4.78 is 8.05. The summed E-state index contributed by atoms with van der Waals surface area (Å²) in [4.78, 5) is 5.79. The molecule has 2 aliphatic heterocycles.